The van der Waals surface area contributed by atoms with E-state index in [9.17, 15) is 94.8 Å². The molecule has 0 spiro atoms. The standard InChI is InChI=1S/C16H12I2O4S2.2C13H12IN5O6S.C9H6INO5S.C8H6ClIO4S.C8H8INO4S.C8H8INO2.Na/c1-21-16(20)13-5-4-12(18)7-15(13)24-23-14-6-11(17)3-2-10(14)8-22-9-19;2*1-6-15-11(18-13(16-6)25-2)17-12(22)19-26(23,24)9-5-7(14)3-4-8(9)10(20)21;1-16-9(13)7-3-2-6(10)4-8(7)17(14,15)11-5-12;1-14-8(11)6-3-2-5(10)4-7(6)15(9,12)13;1-14-8(11)6-3-2-5(9)4-7(6)15(10,12)13;1-12-8(11)6-3-2-5(9)4-7(6)10;/h2-7,9H,8H2,1H3;3-5H,1-2H3,(H,20,21)(H2,15,16,17,18,19,22);3-5H,1-2H3,(H3,15,16,17,18,19,20,21,22);2-4H,1H3;2-4H,1H3;2-4H,1H3,(H2,10,12,13);2-4H,10H2,1H3;/q;;;;;;;+1/p-1. The van der Waals surface area contributed by atoms with Gasteiger partial charge < -0.3 is 63.9 Å². The number of primary sulfonamides is 1. The van der Waals surface area contributed by atoms with Crippen molar-refractivity contribution in [1.82, 2.24) is 34.6 Å². The summed E-state index contributed by atoms with van der Waals surface area (Å²) in [5, 5.41) is 27.4. The van der Waals surface area contributed by atoms with E-state index in [1.54, 1.807) is 35.1 Å². The fraction of sp³-hybridized carbons (Fsp3) is 0.133. The molecule has 10 rings (SSSR count). The number of urea groups is 2. The van der Waals surface area contributed by atoms with Gasteiger partial charge in [0.05, 0.1) is 103 Å². The molecule has 720 valence electrons. The Labute approximate surface area is 918 Å². The Morgan fingerprint density at radius 2 is 0.809 bits per heavy atom. The van der Waals surface area contributed by atoms with Gasteiger partial charge in [-0.15, -0.1) is 0 Å². The number of aryl methyl sites for hydroxylation is 2. The number of carboxylic acids is 2. The number of hydrogen-bond acceptors (Lipinski definition) is 38. The first-order valence-corrected chi connectivity index (χ1v) is 53.9. The van der Waals surface area contributed by atoms with Crippen LogP contribution in [0.2, 0.25) is 0 Å². The number of halogens is 9. The van der Waals surface area contributed by atoms with Gasteiger partial charge in [0.15, 0.2) is 12.0 Å². The molecular weight excluding hydrogens is 2880 g/mol. The number of hydrogen-bond donors (Lipinski definition) is 7. The van der Waals surface area contributed by atoms with Crippen molar-refractivity contribution in [3.8, 4) is 12.0 Å². The number of sulfonamides is 4. The first-order chi connectivity index (χ1) is 63.1. The minimum absolute atomic E-state index is 0. The molecule has 0 aliphatic carbocycles. The maximum atomic E-state index is 12.4. The molecule has 0 bridgehead atoms. The minimum atomic E-state index is -4.58. The number of nitrogens with one attached hydrogen (secondary N) is 3. The van der Waals surface area contributed by atoms with E-state index in [0.717, 1.165) is 63.5 Å². The van der Waals surface area contributed by atoms with Crippen molar-refractivity contribution < 1.29 is 172 Å². The fourth-order valence-electron chi connectivity index (χ4n) is 9.26. The predicted molar refractivity (Wildman–Crippen MR) is 552 cm³/mol. The van der Waals surface area contributed by atoms with Crippen molar-refractivity contribution in [2.24, 2.45) is 9.54 Å². The number of nitrogens with two attached hydrogens (primary N) is 2. The van der Waals surface area contributed by atoms with Gasteiger partial charge in [-0.3, -0.25) is 14.9 Å². The number of anilines is 3. The quantitative estimate of drug-likeness (QED) is 0.00267. The SMILES string of the molecule is COC(=O)c1ccc(I)cc1N.COC(=O)c1ccc(I)cc1S(=O)(=O)Cl.COC(=O)c1ccc(I)cc1S(=O)(=O)N=C=O.COC(=O)c1ccc(I)cc1S(N)(=O)=O.COC(=O)c1ccc(I)cc1SSc1cc(I)ccc1COC=O.COc1nc(C)nc(NC(=O)NS(=O)(=O)c2cc(I)ccc2C(=O)O)n1.COc1nc(C)nc(NC(=O)[N-]S(=O)(=O)c2cc(I)ccc2C(=O)O)n1.[Na+]. The number of carboxylic acid groups (broad SMARTS) is 2. The van der Waals surface area contributed by atoms with Crippen LogP contribution in [-0.2, 0) is 93.8 Å². The number of aromatic carboxylic acids is 2. The normalized spacial score (nSPS) is 10.6. The van der Waals surface area contributed by atoms with E-state index >= 15 is 0 Å². The van der Waals surface area contributed by atoms with Gasteiger partial charge in [0.1, 0.15) is 28.0 Å². The Bertz CT molecular complexity index is 6610. The zero-order valence-electron chi connectivity index (χ0n) is 70.4. The van der Waals surface area contributed by atoms with E-state index in [1.165, 1.54) is 133 Å². The average Bonchev–Trinajstić information content (AvgIpc) is 0.758. The summed E-state index contributed by atoms with van der Waals surface area (Å²) < 4.78 is 168. The molecule has 0 fully saturated rings. The second-order valence-corrected chi connectivity index (χ2v) is 45.1. The number of amides is 4. The summed E-state index contributed by atoms with van der Waals surface area (Å²) >= 11 is 15.9. The van der Waals surface area contributed by atoms with E-state index in [0.29, 0.717) is 41.1 Å². The van der Waals surface area contributed by atoms with Gasteiger partial charge in [0, 0.05) is 60.3 Å². The van der Waals surface area contributed by atoms with Gasteiger partial charge in [-0.25, -0.2) is 91.7 Å². The van der Waals surface area contributed by atoms with E-state index in [1.807, 2.05) is 149 Å². The number of isocyanates is 1. The van der Waals surface area contributed by atoms with Gasteiger partial charge in [-0.2, -0.15) is 33.3 Å². The molecule has 44 nitrogen and oxygen atoms in total. The second kappa shape index (κ2) is 58.0. The number of methoxy groups -OCH3 is 7. The van der Waals surface area contributed by atoms with Crippen LogP contribution in [0.3, 0.4) is 0 Å². The van der Waals surface area contributed by atoms with Crippen LogP contribution < -0.4 is 65.3 Å². The summed E-state index contributed by atoms with van der Waals surface area (Å²) in [5.41, 5.74) is 6.65. The molecule has 0 saturated carbocycles. The van der Waals surface area contributed by atoms with Gasteiger partial charge in [-0.05, 0) is 334 Å². The van der Waals surface area contributed by atoms with Crippen LogP contribution >= 0.6 is 213 Å². The zero-order chi connectivity index (χ0) is 102. The van der Waals surface area contributed by atoms with Crippen molar-refractivity contribution in [3.05, 3.63) is 235 Å². The molecule has 2 aromatic heterocycles. The number of esters is 5. The zero-order valence-corrected chi connectivity index (χ0v) is 96.1. The molecule has 0 aliphatic rings. The number of benzene rings is 8. The molecule has 136 heavy (non-hydrogen) atoms. The molecule has 61 heteroatoms. The monoisotopic (exact) mass is 2940 g/mol. The molecular formula is C75H63ClI8N13NaO31S7. The van der Waals surface area contributed by atoms with Crippen LogP contribution in [0, 0.1) is 42.4 Å². The molecule has 0 saturated heterocycles. The number of nitrogen functional groups attached to an aromatic ring is 1. The van der Waals surface area contributed by atoms with Crippen LogP contribution in [0.15, 0.2) is 184 Å². The van der Waals surface area contributed by atoms with Gasteiger partial charge in [0.2, 0.25) is 26.0 Å². The van der Waals surface area contributed by atoms with Crippen LogP contribution in [0.25, 0.3) is 4.72 Å². The third-order valence-electron chi connectivity index (χ3n) is 15.0. The van der Waals surface area contributed by atoms with Crippen molar-refractivity contribution in [2.75, 3.05) is 66.1 Å². The molecule has 9 N–H and O–H groups in total. The molecule has 2 heterocycles. The molecule has 0 unspecified atom stereocenters. The third-order valence-corrected chi connectivity index (χ3v) is 29.0. The molecule has 4 amide bonds. The minimum Gasteiger partial charge on any atom is -0.478 e. The number of nitrogens with zero attached hydrogens (tertiary/aromatic N) is 8. The summed E-state index contributed by atoms with van der Waals surface area (Å²) in [4.78, 5) is 146. The number of ether oxygens (including phenoxy) is 8. The number of aromatic nitrogens is 6. The smallest absolute Gasteiger partial charge is 0.478 e. The first-order valence-electron chi connectivity index (χ1n) is 34.9. The average molecular weight is 2940 g/mol. The fourth-order valence-corrected chi connectivity index (χ4v) is 22.0. The summed E-state index contributed by atoms with van der Waals surface area (Å²) in [5.74, 6) is -5.98. The van der Waals surface area contributed by atoms with Crippen molar-refractivity contribution in [3.63, 3.8) is 0 Å². The maximum absolute atomic E-state index is 12.4. The summed E-state index contributed by atoms with van der Waals surface area (Å²) in [6, 6.07) is 34.0. The van der Waals surface area contributed by atoms with Gasteiger partial charge in [-0.1, -0.05) is 32.1 Å². The van der Waals surface area contributed by atoms with Crippen molar-refractivity contribution >= 4 is 346 Å². The Hall–Kier alpha value is -7.60. The van der Waals surface area contributed by atoms with Crippen molar-refractivity contribution in [1.29, 1.82) is 0 Å². The van der Waals surface area contributed by atoms with E-state index in [2.05, 4.69) is 136 Å². The molecule has 8 aromatic carbocycles. The van der Waals surface area contributed by atoms with Crippen LogP contribution in [0.4, 0.5) is 27.2 Å². The van der Waals surface area contributed by atoms with E-state index < -0.39 is 118 Å². The maximum Gasteiger partial charge on any atom is 1.00 e. The largest absolute Gasteiger partial charge is 1.00 e. The summed E-state index contributed by atoms with van der Waals surface area (Å²) in [7, 11) is -4.13. The Balaban J connectivity index is 0.000000415. The number of rotatable bonds is 25. The molecule has 0 aliphatic heterocycles. The number of carbonyl (C=O) groups excluding carboxylic acids is 9. The van der Waals surface area contributed by atoms with Crippen LogP contribution in [0.1, 0.15) is 89.7 Å². The summed E-state index contributed by atoms with van der Waals surface area (Å²) in [6.07, 6.45) is 0.943. The van der Waals surface area contributed by atoms with E-state index in [-0.39, 0.29) is 109 Å². The molecule has 10 aromatic rings. The topological polar surface area (TPSA) is 665 Å². The van der Waals surface area contributed by atoms with Crippen LogP contribution in [-0.4, -0.2) is 198 Å². The van der Waals surface area contributed by atoms with Gasteiger partial charge in [0.25, 0.3) is 41.6 Å². The third kappa shape index (κ3) is 39.8. The molecule has 0 atom stereocenters. The predicted octanol–water partition coefficient (Wildman–Crippen LogP) is 10.4. The Kier molecular flexibility index (Phi) is 52.2. The summed E-state index contributed by atoms with van der Waals surface area (Å²) in [6.45, 7) is 3.70. The van der Waals surface area contributed by atoms with Crippen molar-refractivity contribution in [2.45, 2.75) is 54.7 Å². The second-order valence-electron chi connectivity index (χ2n) is 24.1. The Morgan fingerprint density at radius 3 is 1.23 bits per heavy atom. The first kappa shape index (κ1) is 123. The van der Waals surface area contributed by atoms with Gasteiger partial charge >= 0.3 is 89.4 Å². The van der Waals surface area contributed by atoms with Crippen LogP contribution in [0.5, 0.6) is 12.0 Å². The Morgan fingerprint density at radius 1 is 0.463 bits per heavy atom. The van der Waals surface area contributed by atoms with E-state index in [4.69, 9.17) is 50.7 Å². The number of carbonyl (C=O) groups is 10. The molecule has 0 radical (unpaired) electrons.